The van der Waals surface area contributed by atoms with Crippen LogP contribution in [0.4, 0.5) is 5.69 Å². The van der Waals surface area contributed by atoms with Crippen LogP contribution in [-0.4, -0.2) is 0 Å². The fourth-order valence-electron chi connectivity index (χ4n) is 2.13. The van der Waals surface area contributed by atoms with Gasteiger partial charge in [-0.3, -0.25) is 0 Å². The molecule has 102 valence electrons. The first-order valence-electron chi connectivity index (χ1n) is 7.03. The van der Waals surface area contributed by atoms with E-state index < -0.39 is 0 Å². The maximum Gasteiger partial charge on any atom is 0.130 e. The van der Waals surface area contributed by atoms with Gasteiger partial charge < -0.3 is 10.5 Å². The predicted octanol–water partition coefficient (Wildman–Crippen LogP) is 4.79. The molecule has 0 spiro atoms. The second-order valence-electron chi connectivity index (χ2n) is 5.40. The molecule has 1 aliphatic rings. The Hall–Kier alpha value is -2.22. The normalized spacial score (nSPS) is 14.7. The summed E-state index contributed by atoms with van der Waals surface area (Å²) in [6.45, 7) is 2.00. The molecule has 0 bridgehead atoms. The lowest BCUT2D eigenvalue weighted by Gasteiger charge is -2.09. The van der Waals surface area contributed by atoms with Gasteiger partial charge in [-0.2, -0.15) is 0 Å². The van der Waals surface area contributed by atoms with Gasteiger partial charge >= 0.3 is 0 Å². The largest absolute Gasteiger partial charge is 0.457 e. The topological polar surface area (TPSA) is 35.2 Å². The number of hydrogen-bond donors (Lipinski definition) is 1. The number of allylic oxidation sites excluding steroid dienone is 1. The molecule has 0 amide bonds. The monoisotopic (exact) mass is 265 g/mol. The molecule has 0 radical (unpaired) electrons. The van der Waals surface area contributed by atoms with E-state index in [1.54, 1.807) is 0 Å². The molecule has 0 aromatic heterocycles. The van der Waals surface area contributed by atoms with Crippen molar-refractivity contribution in [3.63, 3.8) is 0 Å². The number of nitrogen functional groups attached to an aromatic ring is 1. The van der Waals surface area contributed by atoms with Crippen LogP contribution in [0.2, 0.25) is 0 Å². The zero-order valence-electron chi connectivity index (χ0n) is 11.7. The number of hydrogen-bond acceptors (Lipinski definition) is 2. The molecular weight excluding hydrogens is 246 g/mol. The summed E-state index contributed by atoms with van der Waals surface area (Å²) >= 11 is 0. The highest BCUT2D eigenvalue weighted by molar-refractivity contribution is 5.54. The van der Waals surface area contributed by atoms with E-state index in [9.17, 15) is 0 Å². The van der Waals surface area contributed by atoms with Gasteiger partial charge in [-0.1, -0.05) is 24.3 Å². The lowest BCUT2D eigenvalue weighted by molar-refractivity contribution is 0.479. The minimum atomic E-state index is 0.760. The van der Waals surface area contributed by atoms with Crippen LogP contribution < -0.4 is 10.5 Å². The summed E-state index contributed by atoms with van der Waals surface area (Å²) in [5.74, 6) is 2.50. The molecule has 2 aromatic rings. The molecule has 1 fully saturated rings. The first kappa shape index (κ1) is 12.8. The highest BCUT2D eigenvalue weighted by atomic mass is 16.5. The van der Waals surface area contributed by atoms with Gasteiger partial charge in [0.25, 0.3) is 0 Å². The second kappa shape index (κ2) is 5.41. The Morgan fingerprint density at radius 2 is 2.00 bits per heavy atom. The summed E-state index contributed by atoms with van der Waals surface area (Å²) in [5.41, 5.74) is 8.74. The SMILES string of the molecule is Cc1cc(N)ccc1Oc1cccc(C=CC2CC2)c1. The van der Waals surface area contributed by atoms with Crippen molar-refractivity contribution < 1.29 is 4.74 Å². The van der Waals surface area contributed by atoms with E-state index in [1.807, 2.05) is 37.3 Å². The molecule has 2 heteroatoms. The van der Waals surface area contributed by atoms with Crippen molar-refractivity contribution in [1.82, 2.24) is 0 Å². The summed E-state index contributed by atoms with van der Waals surface area (Å²) in [7, 11) is 0. The van der Waals surface area contributed by atoms with E-state index in [0.717, 1.165) is 28.7 Å². The van der Waals surface area contributed by atoms with Crippen LogP contribution in [0.1, 0.15) is 24.0 Å². The lowest BCUT2D eigenvalue weighted by Crippen LogP contribution is -1.90. The number of benzene rings is 2. The Labute approximate surface area is 119 Å². The van der Waals surface area contributed by atoms with Crippen LogP contribution >= 0.6 is 0 Å². The van der Waals surface area contributed by atoms with Crippen molar-refractivity contribution >= 4 is 11.8 Å². The Morgan fingerprint density at radius 3 is 2.75 bits per heavy atom. The number of rotatable bonds is 4. The molecule has 1 saturated carbocycles. The maximum atomic E-state index is 5.94. The Bertz CT molecular complexity index is 642. The van der Waals surface area contributed by atoms with Crippen LogP contribution in [0.25, 0.3) is 6.08 Å². The summed E-state index contributed by atoms with van der Waals surface area (Å²) in [4.78, 5) is 0. The molecule has 0 saturated heterocycles. The van der Waals surface area contributed by atoms with Crippen LogP contribution in [-0.2, 0) is 0 Å². The average molecular weight is 265 g/mol. The van der Waals surface area contributed by atoms with Crippen LogP contribution in [0, 0.1) is 12.8 Å². The van der Waals surface area contributed by atoms with Crippen molar-refractivity contribution in [2.75, 3.05) is 5.73 Å². The third kappa shape index (κ3) is 3.21. The Kier molecular flexibility index (Phi) is 3.46. The standard InChI is InChI=1S/C18H19NO/c1-13-11-16(19)9-10-18(13)20-17-4-2-3-15(12-17)8-7-14-5-6-14/h2-4,7-12,14H,5-6,19H2,1H3. The van der Waals surface area contributed by atoms with Crippen LogP contribution in [0.5, 0.6) is 11.5 Å². The molecule has 3 rings (SSSR count). The number of ether oxygens (including phenoxy) is 1. The van der Waals surface area contributed by atoms with E-state index in [0.29, 0.717) is 0 Å². The average Bonchev–Trinajstić information content (AvgIpc) is 3.24. The van der Waals surface area contributed by atoms with Gasteiger partial charge in [0.1, 0.15) is 11.5 Å². The van der Waals surface area contributed by atoms with Crippen LogP contribution in [0.3, 0.4) is 0 Å². The van der Waals surface area contributed by atoms with Gasteiger partial charge in [-0.25, -0.2) is 0 Å². The molecule has 20 heavy (non-hydrogen) atoms. The first-order chi connectivity index (χ1) is 9.70. The third-order valence-electron chi connectivity index (χ3n) is 3.47. The number of nitrogens with two attached hydrogens (primary N) is 1. The van der Waals surface area contributed by atoms with Gasteiger partial charge in [0, 0.05) is 5.69 Å². The lowest BCUT2D eigenvalue weighted by atomic mass is 10.1. The van der Waals surface area contributed by atoms with Crippen molar-refractivity contribution in [2.24, 2.45) is 5.92 Å². The van der Waals surface area contributed by atoms with E-state index in [4.69, 9.17) is 10.5 Å². The summed E-state index contributed by atoms with van der Waals surface area (Å²) in [6.07, 6.45) is 7.13. The van der Waals surface area contributed by atoms with Gasteiger partial charge in [-0.05, 0) is 67.1 Å². The molecule has 2 nitrogen and oxygen atoms in total. The maximum absolute atomic E-state index is 5.94. The molecule has 0 unspecified atom stereocenters. The van der Waals surface area contributed by atoms with Crippen LogP contribution in [0.15, 0.2) is 48.5 Å². The van der Waals surface area contributed by atoms with Gasteiger partial charge in [0.2, 0.25) is 0 Å². The Morgan fingerprint density at radius 1 is 1.15 bits per heavy atom. The molecule has 0 heterocycles. The molecule has 1 aliphatic carbocycles. The van der Waals surface area contributed by atoms with E-state index in [2.05, 4.69) is 24.3 Å². The summed E-state index contributed by atoms with van der Waals surface area (Å²) in [5, 5.41) is 0. The summed E-state index contributed by atoms with van der Waals surface area (Å²) < 4.78 is 5.94. The molecule has 0 atom stereocenters. The number of anilines is 1. The highest BCUT2D eigenvalue weighted by Crippen LogP contribution is 2.31. The fourth-order valence-corrected chi connectivity index (χ4v) is 2.13. The second-order valence-corrected chi connectivity index (χ2v) is 5.40. The first-order valence-corrected chi connectivity index (χ1v) is 7.03. The van der Waals surface area contributed by atoms with Gasteiger partial charge in [0.05, 0.1) is 0 Å². The van der Waals surface area contributed by atoms with E-state index in [1.165, 1.54) is 18.4 Å². The van der Waals surface area contributed by atoms with Crippen molar-refractivity contribution in [1.29, 1.82) is 0 Å². The minimum Gasteiger partial charge on any atom is -0.457 e. The molecule has 2 aromatic carbocycles. The van der Waals surface area contributed by atoms with Gasteiger partial charge in [0.15, 0.2) is 0 Å². The Balaban J connectivity index is 1.77. The van der Waals surface area contributed by atoms with Crippen molar-refractivity contribution in [3.8, 4) is 11.5 Å². The van der Waals surface area contributed by atoms with Gasteiger partial charge in [-0.15, -0.1) is 0 Å². The number of aryl methyl sites for hydroxylation is 1. The predicted molar refractivity (Wildman–Crippen MR) is 83.9 cm³/mol. The molecule has 0 aliphatic heterocycles. The van der Waals surface area contributed by atoms with Crippen molar-refractivity contribution in [3.05, 3.63) is 59.7 Å². The molecule has 2 N–H and O–H groups in total. The summed E-state index contributed by atoms with van der Waals surface area (Å²) in [6, 6.07) is 13.9. The zero-order chi connectivity index (χ0) is 13.9. The van der Waals surface area contributed by atoms with E-state index in [-0.39, 0.29) is 0 Å². The minimum absolute atomic E-state index is 0.760. The van der Waals surface area contributed by atoms with E-state index >= 15 is 0 Å². The fraction of sp³-hybridized carbons (Fsp3) is 0.222. The highest BCUT2D eigenvalue weighted by Gasteiger charge is 2.16. The molecular formula is C18H19NO. The zero-order valence-corrected chi connectivity index (χ0v) is 11.7. The quantitative estimate of drug-likeness (QED) is 0.806. The third-order valence-corrected chi connectivity index (χ3v) is 3.47. The smallest absolute Gasteiger partial charge is 0.130 e. The van der Waals surface area contributed by atoms with Crippen molar-refractivity contribution in [2.45, 2.75) is 19.8 Å².